The van der Waals surface area contributed by atoms with Crippen molar-refractivity contribution in [2.75, 3.05) is 0 Å². The second-order valence-corrected chi connectivity index (χ2v) is 5.11. The van der Waals surface area contributed by atoms with Crippen LogP contribution in [0.1, 0.15) is 56.7 Å². The lowest BCUT2D eigenvalue weighted by Gasteiger charge is -2.32. The Labute approximate surface area is 107 Å². The Kier molecular flexibility index (Phi) is 5.20. The summed E-state index contributed by atoms with van der Waals surface area (Å²) in [5, 5.41) is 3.75. The smallest absolute Gasteiger partial charge is 0.0210 e. The van der Waals surface area contributed by atoms with Gasteiger partial charge < -0.3 is 5.32 Å². The molecule has 0 atom stereocenters. The van der Waals surface area contributed by atoms with Gasteiger partial charge in [-0.05, 0) is 49.8 Å². The molecule has 0 unspecified atom stereocenters. The molecule has 1 aromatic rings. The predicted molar refractivity (Wildman–Crippen MR) is 76.4 cm³/mol. The molecule has 0 aliphatic rings. The van der Waals surface area contributed by atoms with Crippen molar-refractivity contribution in [1.29, 1.82) is 0 Å². The Morgan fingerprint density at radius 2 is 1.53 bits per heavy atom. The molecule has 0 amide bonds. The summed E-state index contributed by atoms with van der Waals surface area (Å²) in [5.74, 6) is 0. The average molecular weight is 233 g/mol. The Morgan fingerprint density at radius 1 is 0.941 bits per heavy atom. The third-order valence-corrected chi connectivity index (χ3v) is 4.27. The van der Waals surface area contributed by atoms with Crippen molar-refractivity contribution in [1.82, 2.24) is 5.32 Å². The molecule has 1 aromatic carbocycles. The van der Waals surface area contributed by atoms with Gasteiger partial charge in [-0.25, -0.2) is 0 Å². The highest BCUT2D eigenvalue weighted by Crippen LogP contribution is 2.20. The zero-order chi connectivity index (χ0) is 12.9. The number of aryl methyl sites for hydroxylation is 2. The topological polar surface area (TPSA) is 12.0 Å². The first kappa shape index (κ1) is 14.2. The van der Waals surface area contributed by atoms with E-state index in [0.717, 1.165) is 6.54 Å². The van der Waals surface area contributed by atoms with Crippen molar-refractivity contribution in [3.05, 3.63) is 34.9 Å². The number of nitrogens with one attached hydrogen (secondary N) is 1. The molecule has 0 fully saturated rings. The second kappa shape index (κ2) is 6.20. The monoisotopic (exact) mass is 233 g/mol. The van der Waals surface area contributed by atoms with E-state index in [1.54, 1.807) is 0 Å². The molecule has 0 saturated carbocycles. The first-order valence-corrected chi connectivity index (χ1v) is 6.88. The van der Waals surface area contributed by atoms with Gasteiger partial charge in [0.15, 0.2) is 0 Å². The van der Waals surface area contributed by atoms with Crippen molar-refractivity contribution >= 4 is 0 Å². The predicted octanol–water partition coefficient (Wildman–Crippen LogP) is 4.36. The van der Waals surface area contributed by atoms with Crippen LogP contribution in [0.3, 0.4) is 0 Å². The molecule has 1 N–H and O–H groups in total. The fourth-order valence-electron chi connectivity index (χ4n) is 2.33. The Balaban J connectivity index is 2.68. The molecule has 0 aliphatic heterocycles. The van der Waals surface area contributed by atoms with E-state index in [0.29, 0.717) is 5.54 Å². The Hall–Kier alpha value is -0.820. The van der Waals surface area contributed by atoms with Crippen molar-refractivity contribution in [3.8, 4) is 0 Å². The lowest BCUT2D eigenvalue weighted by atomic mass is 9.89. The molecule has 0 aliphatic carbocycles. The number of benzene rings is 1. The fourth-order valence-corrected chi connectivity index (χ4v) is 2.33. The van der Waals surface area contributed by atoms with E-state index >= 15 is 0 Å². The maximum absolute atomic E-state index is 3.75. The minimum Gasteiger partial charge on any atom is -0.307 e. The first-order valence-electron chi connectivity index (χ1n) is 6.88. The first-order chi connectivity index (χ1) is 8.06. The van der Waals surface area contributed by atoms with Crippen LogP contribution in [0.2, 0.25) is 0 Å². The van der Waals surface area contributed by atoms with E-state index in [9.17, 15) is 0 Å². The maximum Gasteiger partial charge on any atom is 0.0210 e. The number of hydrogen-bond acceptors (Lipinski definition) is 1. The van der Waals surface area contributed by atoms with Gasteiger partial charge in [0.1, 0.15) is 0 Å². The van der Waals surface area contributed by atoms with Crippen LogP contribution in [0.5, 0.6) is 0 Å². The van der Waals surface area contributed by atoms with Crippen molar-refractivity contribution < 1.29 is 0 Å². The van der Waals surface area contributed by atoms with Crippen LogP contribution in [0.15, 0.2) is 18.2 Å². The molecule has 0 aromatic heterocycles. The highest BCUT2D eigenvalue weighted by atomic mass is 15.0. The van der Waals surface area contributed by atoms with Crippen molar-refractivity contribution in [2.45, 2.75) is 66.0 Å². The van der Waals surface area contributed by atoms with Crippen LogP contribution in [-0.4, -0.2) is 5.54 Å². The molecule has 0 heterocycles. The molecule has 0 radical (unpaired) electrons. The molecule has 0 saturated heterocycles. The quantitative estimate of drug-likeness (QED) is 0.769. The molecule has 0 bridgehead atoms. The van der Waals surface area contributed by atoms with Gasteiger partial charge in [-0.2, -0.15) is 0 Å². The Bertz CT molecular complexity index is 342. The summed E-state index contributed by atoms with van der Waals surface area (Å²) in [6, 6.07) is 6.76. The lowest BCUT2D eigenvalue weighted by Crippen LogP contribution is -2.43. The zero-order valence-electron chi connectivity index (χ0n) is 12.1. The Morgan fingerprint density at radius 3 is 2.00 bits per heavy atom. The van der Waals surface area contributed by atoms with Crippen LogP contribution in [0.25, 0.3) is 0 Å². The van der Waals surface area contributed by atoms with Crippen LogP contribution < -0.4 is 5.32 Å². The summed E-state index contributed by atoms with van der Waals surface area (Å²) in [6.07, 6.45) is 3.60. The fraction of sp³-hybridized carbons (Fsp3) is 0.625. The molecule has 1 nitrogen and oxygen atoms in total. The van der Waals surface area contributed by atoms with Gasteiger partial charge in [-0.15, -0.1) is 0 Å². The van der Waals surface area contributed by atoms with E-state index in [1.165, 1.54) is 36.0 Å². The number of rotatable bonds is 6. The highest BCUT2D eigenvalue weighted by molar-refractivity contribution is 5.29. The van der Waals surface area contributed by atoms with Gasteiger partial charge in [0.05, 0.1) is 0 Å². The molecule has 1 rings (SSSR count). The normalized spacial score (nSPS) is 11.8. The van der Waals surface area contributed by atoms with Crippen LogP contribution in [-0.2, 0) is 6.54 Å². The van der Waals surface area contributed by atoms with Crippen LogP contribution >= 0.6 is 0 Å². The van der Waals surface area contributed by atoms with Crippen LogP contribution in [0.4, 0.5) is 0 Å². The van der Waals surface area contributed by atoms with Gasteiger partial charge in [0.2, 0.25) is 0 Å². The summed E-state index contributed by atoms with van der Waals surface area (Å²) in [4.78, 5) is 0. The molecular weight excluding hydrogens is 206 g/mol. The summed E-state index contributed by atoms with van der Waals surface area (Å²) in [5.41, 5.74) is 4.48. The van der Waals surface area contributed by atoms with Crippen molar-refractivity contribution in [3.63, 3.8) is 0 Å². The largest absolute Gasteiger partial charge is 0.307 e. The third-order valence-electron chi connectivity index (χ3n) is 4.27. The van der Waals surface area contributed by atoms with Gasteiger partial charge in [0, 0.05) is 12.1 Å². The third kappa shape index (κ3) is 3.57. The lowest BCUT2D eigenvalue weighted by molar-refractivity contribution is 0.288. The van der Waals surface area contributed by atoms with E-state index in [2.05, 4.69) is 58.1 Å². The average Bonchev–Trinajstić information content (AvgIpc) is 2.36. The summed E-state index contributed by atoms with van der Waals surface area (Å²) >= 11 is 0. The van der Waals surface area contributed by atoms with Crippen molar-refractivity contribution in [2.24, 2.45) is 0 Å². The number of hydrogen-bond donors (Lipinski definition) is 1. The zero-order valence-corrected chi connectivity index (χ0v) is 12.1. The van der Waals surface area contributed by atoms with Gasteiger partial charge >= 0.3 is 0 Å². The van der Waals surface area contributed by atoms with E-state index in [-0.39, 0.29) is 0 Å². The summed E-state index contributed by atoms with van der Waals surface area (Å²) in [7, 11) is 0. The molecule has 96 valence electrons. The van der Waals surface area contributed by atoms with Crippen LogP contribution in [0, 0.1) is 13.8 Å². The molecule has 17 heavy (non-hydrogen) atoms. The minimum atomic E-state index is 0.318. The van der Waals surface area contributed by atoms with E-state index in [1.807, 2.05) is 0 Å². The molecule has 0 spiro atoms. The molecular formula is C16H27N. The highest BCUT2D eigenvalue weighted by Gasteiger charge is 2.22. The maximum atomic E-state index is 3.75. The van der Waals surface area contributed by atoms with Gasteiger partial charge in [-0.1, -0.05) is 39.0 Å². The van der Waals surface area contributed by atoms with E-state index < -0.39 is 0 Å². The summed E-state index contributed by atoms with van der Waals surface area (Å²) in [6.45, 7) is 12.2. The van der Waals surface area contributed by atoms with E-state index in [4.69, 9.17) is 0 Å². The summed E-state index contributed by atoms with van der Waals surface area (Å²) < 4.78 is 0. The van der Waals surface area contributed by atoms with Gasteiger partial charge in [-0.3, -0.25) is 0 Å². The standard InChI is InChI=1S/C16H27N/c1-6-16(7-2,8-3)17-12-15-10-9-13(4)14(5)11-15/h9-11,17H,6-8,12H2,1-5H3. The minimum absolute atomic E-state index is 0.318. The molecule has 1 heteroatoms. The SMILES string of the molecule is CCC(CC)(CC)NCc1ccc(C)c(C)c1. The van der Waals surface area contributed by atoms with Gasteiger partial charge in [0.25, 0.3) is 0 Å². The second-order valence-electron chi connectivity index (χ2n) is 5.11.